The molecule has 0 saturated carbocycles. The molecule has 0 amide bonds. The number of nitrogen functional groups attached to an aromatic ring is 1. The van der Waals surface area contributed by atoms with Gasteiger partial charge in [-0.1, -0.05) is 44.7 Å². The lowest BCUT2D eigenvalue weighted by molar-refractivity contribution is 0.116. The van der Waals surface area contributed by atoms with Crippen LogP contribution in [0.5, 0.6) is 0 Å². The summed E-state index contributed by atoms with van der Waals surface area (Å²) in [5, 5.41) is 7.40. The summed E-state index contributed by atoms with van der Waals surface area (Å²) in [4.78, 5) is 0. The average molecular weight is 262 g/mol. The predicted molar refractivity (Wildman–Crippen MR) is 80.6 cm³/mol. The van der Waals surface area contributed by atoms with E-state index in [1.807, 2.05) is 25.1 Å². The Morgan fingerprint density at radius 1 is 1.21 bits per heavy atom. The maximum absolute atomic E-state index is 7.40. The highest BCUT2D eigenvalue weighted by Gasteiger charge is 2.02. The standard InChI is InChI=1S/C16H26N2O/c1-3-4-5-6-7-10-19-12-15-9-8-14(16(17)18)11-13(15)2/h8-9,11H,3-7,10,12H2,1-2H3,(H3,17,18). The molecule has 0 spiro atoms. The Bertz CT molecular complexity index is 402. The normalized spacial score (nSPS) is 10.6. The number of nitrogens with one attached hydrogen (secondary N) is 1. The van der Waals surface area contributed by atoms with E-state index in [1.165, 1.54) is 31.2 Å². The van der Waals surface area contributed by atoms with E-state index in [4.69, 9.17) is 15.9 Å². The van der Waals surface area contributed by atoms with Crippen molar-refractivity contribution in [1.82, 2.24) is 0 Å². The highest BCUT2D eigenvalue weighted by Crippen LogP contribution is 2.12. The van der Waals surface area contributed by atoms with E-state index in [2.05, 4.69) is 6.92 Å². The highest BCUT2D eigenvalue weighted by molar-refractivity contribution is 5.95. The maximum atomic E-state index is 7.40. The summed E-state index contributed by atoms with van der Waals surface area (Å²) in [6.07, 6.45) is 6.32. The monoisotopic (exact) mass is 262 g/mol. The molecule has 0 unspecified atom stereocenters. The zero-order valence-electron chi connectivity index (χ0n) is 12.2. The SMILES string of the molecule is CCCCCCCOCc1ccc(C(=N)N)cc1C. The molecule has 0 radical (unpaired) electrons. The Morgan fingerprint density at radius 3 is 2.58 bits per heavy atom. The quantitative estimate of drug-likeness (QED) is 0.404. The molecule has 106 valence electrons. The van der Waals surface area contributed by atoms with Gasteiger partial charge < -0.3 is 10.5 Å². The van der Waals surface area contributed by atoms with E-state index < -0.39 is 0 Å². The van der Waals surface area contributed by atoms with Crippen LogP contribution in [0.15, 0.2) is 18.2 Å². The summed E-state index contributed by atoms with van der Waals surface area (Å²) in [5.41, 5.74) is 8.56. The summed E-state index contributed by atoms with van der Waals surface area (Å²) in [7, 11) is 0. The smallest absolute Gasteiger partial charge is 0.122 e. The lowest BCUT2D eigenvalue weighted by Gasteiger charge is -2.09. The first-order valence-electron chi connectivity index (χ1n) is 7.16. The van der Waals surface area contributed by atoms with E-state index in [1.54, 1.807) is 0 Å². The van der Waals surface area contributed by atoms with Gasteiger partial charge >= 0.3 is 0 Å². The molecule has 0 atom stereocenters. The van der Waals surface area contributed by atoms with E-state index in [0.29, 0.717) is 6.61 Å². The zero-order valence-corrected chi connectivity index (χ0v) is 12.2. The minimum atomic E-state index is 0.117. The Morgan fingerprint density at radius 2 is 1.95 bits per heavy atom. The van der Waals surface area contributed by atoms with Crippen molar-refractivity contribution in [2.75, 3.05) is 6.61 Å². The van der Waals surface area contributed by atoms with Crippen LogP contribution in [0.2, 0.25) is 0 Å². The molecule has 0 aliphatic carbocycles. The largest absolute Gasteiger partial charge is 0.384 e. The van der Waals surface area contributed by atoms with E-state index >= 15 is 0 Å². The van der Waals surface area contributed by atoms with Crippen LogP contribution in [0.25, 0.3) is 0 Å². The van der Waals surface area contributed by atoms with Crippen molar-refractivity contribution >= 4 is 5.84 Å². The summed E-state index contributed by atoms with van der Waals surface area (Å²) in [6, 6.07) is 5.83. The van der Waals surface area contributed by atoms with Gasteiger partial charge in [-0.2, -0.15) is 0 Å². The lowest BCUT2D eigenvalue weighted by atomic mass is 10.1. The van der Waals surface area contributed by atoms with Crippen molar-refractivity contribution in [2.24, 2.45) is 5.73 Å². The Kier molecular flexibility index (Phi) is 7.19. The van der Waals surface area contributed by atoms with Gasteiger partial charge in [0, 0.05) is 12.2 Å². The molecule has 1 rings (SSSR count). The van der Waals surface area contributed by atoms with Gasteiger partial charge in [0.25, 0.3) is 0 Å². The Balaban J connectivity index is 2.28. The summed E-state index contributed by atoms with van der Waals surface area (Å²) in [5.74, 6) is 0.117. The number of hydrogen-bond acceptors (Lipinski definition) is 2. The van der Waals surface area contributed by atoms with Crippen LogP contribution in [-0.4, -0.2) is 12.4 Å². The summed E-state index contributed by atoms with van der Waals surface area (Å²) < 4.78 is 5.70. The minimum Gasteiger partial charge on any atom is -0.384 e. The van der Waals surface area contributed by atoms with Crippen molar-refractivity contribution < 1.29 is 4.74 Å². The number of unbranched alkanes of at least 4 members (excludes halogenated alkanes) is 4. The number of benzene rings is 1. The third-order valence-electron chi connectivity index (χ3n) is 3.30. The molecule has 0 bridgehead atoms. The van der Waals surface area contributed by atoms with Gasteiger partial charge in [-0.3, -0.25) is 5.41 Å². The lowest BCUT2D eigenvalue weighted by Crippen LogP contribution is -2.11. The molecule has 0 aromatic heterocycles. The third kappa shape index (κ3) is 5.88. The van der Waals surface area contributed by atoms with Crippen molar-refractivity contribution in [1.29, 1.82) is 5.41 Å². The number of amidine groups is 1. The van der Waals surface area contributed by atoms with Gasteiger partial charge in [-0.05, 0) is 30.5 Å². The first-order chi connectivity index (χ1) is 9.15. The summed E-state index contributed by atoms with van der Waals surface area (Å²) in [6.45, 7) is 5.74. The van der Waals surface area contributed by atoms with Gasteiger partial charge in [0.15, 0.2) is 0 Å². The van der Waals surface area contributed by atoms with Crippen LogP contribution in [-0.2, 0) is 11.3 Å². The molecule has 0 fully saturated rings. The third-order valence-corrected chi connectivity index (χ3v) is 3.30. The van der Waals surface area contributed by atoms with Crippen LogP contribution in [0.1, 0.15) is 55.7 Å². The van der Waals surface area contributed by atoms with Crippen LogP contribution in [0, 0.1) is 12.3 Å². The van der Waals surface area contributed by atoms with Crippen molar-refractivity contribution in [2.45, 2.75) is 52.6 Å². The number of rotatable bonds is 9. The second kappa shape index (κ2) is 8.70. The number of aryl methyl sites for hydroxylation is 1. The molecule has 3 heteroatoms. The van der Waals surface area contributed by atoms with Crippen LogP contribution in [0.4, 0.5) is 0 Å². The van der Waals surface area contributed by atoms with E-state index in [-0.39, 0.29) is 5.84 Å². The molecule has 19 heavy (non-hydrogen) atoms. The summed E-state index contributed by atoms with van der Waals surface area (Å²) >= 11 is 0. The van der Waals surface area contributed by atoms with E-state index in [9.17, 15) is 0 Å². The molecule has 0 aliphatic heterocycles. The van der Waals surface area contributed by atoms with Crippen LogP contribution >= 0.6 is 0 Å². The van der Waals surface area contributed by atoms with E-state index in [0.717, 1.165) is 24.2 Å². The van der Waals surface area contributed by atoms with Gasteiger partial charge in [0.1, 0.15) is 5.84 Å². The number of ether oxygens (including phenoxy) is 1. The molecule has 0 saturated heterocycles. The molecule has 3 N–H and O–H groups in total. The Labute approximate surface area is 116 Å². The molecule has 0 heterocycles. The van der Waals surface area contributed by atoms with Crippen LogP contribution < -0.4 is 5.73 Å². The zero-order chi connectivity index (χ0) is 14.1. The predicted octanol–water partition coefficient (Wildman–Crippen LogP) is 3.77. The molecular weight excluding hydrogens is 236 g/mol. The fourth-order valence-corrected chi connectivity index (χ4v) is 2.02. The molecule has 3 nitrogen and oxygen atoms in total. The Hall–Kier alpha value is -1.35. The molecule has 1 aromatic rings. The number of nitrogens with two attached hydrogens (primary N) is 1. The maximum Gasteiger partial charge on any atom is 0.122 e. The second-order valence-corrected chi connectivity index (χ2v) is 5.02. The molecule has 0 aliphatic rings. The van der Waals surface area contributed by atoms with Gasteiger partial charge in [-0.15, -0.1) is 0 Å². The number of hydrogen-bond donors (Lipinski definition) is 2. The first kappa shape index (κ1) is 15.7. The molecular formula is C16H26N2O. The minimum absolute atomic E-state index is 0.117. The highest BCUT2D eigenvalue weighted by atomic mass is 16.5. The second-order valence-electron chi connectivity index (χ2n) is 5.02. The average Bonchev–Trinajstić information content (AvgIpc) is 2.39. The fourth-order valence-electron chi connectivity index (χ4n) is 2.02. The van der Waals surface area contributed by atoms with Gasteiger partial charge in [-0.25, -0.2) is 0 Å². The van der Waals surface area contributed by atoms with Crippen molar-refractivity contribution in [3.63, 3.8) is 0 Å². The topological polar surface area (TPSA) is 59.1 Å². The van der Waals surface area contributed by atoms with Crippen molar-refractivity contribution in [3.8, 4) is 0 Å². The van der Waals surface area contributed by atoms with Gasteiger partial charge in [0.2, 0.25) is 0 Å². The first-order valence-corrected chi connectivity index (χ1v) is 7.16. The van der Waals surface area contributed by atoms with Crippen LogP contribution in [0.3, 0.4) is 0 Å². The van der Waals surface area contributed by atoms with Crippen molar-refractivity contribution in [3.05, 3.63) is 34.9 Å². The molecule has 1 aromatic carbocycles. The fraction of sp³-hybridized carbons (Fsp3) is 0.562. The van der Waals surface area contributed by atoms with Gasteiger partial charge in [0.05, 0.1) is 6.61 Å².